The zero-order chi connectivity index (χ0) is 23.5. The fourth-order valence-electron chi connectivity index (χ4n) is 3.87. The van der Waals surface area contributed by atoms with Gasteiger partial charge in [0, 0.05) is 30.5 Å². The maximum Gasteiger partial charge on any atom is 0.262 e. The van der Waals surface area contributed by atoms with Crippen molar-refractivity contribution in [3.8, 4) is 0 Å². The molecule has 1 aromatic heterocycles. The van der Waals surface area contributed by atoms with Gasteiger partial charge in [-0.1, -0.05) is 66.4 Å². The van der Waals surface area contributed by atoms with E-state index in [1.54, 1.807) is 23.7 Å². The van der Waals surface area contributed by atoms with Gasteiger partial charge in [-0.3, -0.25) is 14.2 Å². The van der Waals surface area contributed by atoms with E-state index in [2.05, 4.69) is 17.0 Å². The van der Waals surface area contributed by atoms with Crippen molar-refractivity contribution in [1.29, 1.82) is 0 Å². The highest BCUT2D eigenvalue weighted by Crippen LogP contribution is 2.25. The molecule has 0 N–H and O–H groups in total. The smallest absolute Gasteiger partial charge is 0.262 e. The van der Waals surface area contributed by atoms with E-state index in [-0.39, 0.29) is 23.7 Å². The molecule has 3 aromatic carbocycles. The summed E-state index contributed by atoms with van der Waals surface area (Å²) >= 11 is 1.53. The van der Waals surface area contributed by atoms with Crippen LogP contribution in [0, 0.1) is 6.92 Å². The van der Waals surface area contributed by atoms with Crippen LogP contribution >= 0.6 is 24.2 Å². The number of thioether (sulfide) groups is 1. The summed E-state index contributed by atoms with van der Waals surface area (Å²) in [6.45, 7) is 2.64. The Bertz CT molecular complexity index is 1370. The molecule has 0 aliphatic carbocycles. The molecular formula is C27H28ClN3O2S. The number of carbonyl (C=O) groups excluding carboxylic acids is 1. The number of hydrogen-bond acceptors (Lipinski definition) is 5. The van der Waals surface area contributed by atoms with Crippen molar-refractivity contribution < 1.29 is 4.79 Å². The summed E-state index contributed by atoms with van der Waals surface area (Å²) in [6, 6.07) is 21.3. The second-order valence-corrected chi connectivity index (χ2v) is 9.37. The van der Waals surface area contributed by atoms with E-state index in [9.17, 15) is 9.59 Å². The predicted octanol–water partition coefficient (Wildman–Crippen LogP) is 5.25. The van der Waals surface area contributed by atoms with Crippen molar-refractivity contribution in [2.24, 2.45) is 7.05 Å². The van der Waals surface area contributed by atoms with Crippen LogP contribution in [-0.4, -0.2) is 34.3 Å². The third-order valence-electron chi connectivity index (χ3n) is 5.63. The number of fused-ring (bicyclic) bond motifs is 1. The van der Waals surface area contributed by atoms with Gasteiger partial charge in [0.1, 0.15) is 0 Å². The van der Waals surface area contributed by atoms with Crippen LogP contribution in [0.5, 0.6) is 0 Å². The van der Waals surface area contributed by atoms with Crippen molar-refractivity contribution in [2.75, 3.05) is 14.1 Å². The Hall–Kier alpha value is -2.93. The van der Waals surface area contributed by atoms with Crippen LogP contribution in [-0.2, 0) is 19.3 Å². The van der Waals surface area contributed by atoms with Gasteiger partial charge in [-0.05, 0) is 49.8 Å². The first kappa shape index (κ1) is 25.7. The van der Waals surface area contributed by atoms with Crippen molar-refractivity contribution in [2.45, 2.75) is 24.4 Å². The van der Waals surface area contributed by atoms with Crippen molar-refractivity contribution in [3.05, 3.63) is 105 Å². The fraction of sp³-hybridized carbons (Fsp3) is 0.222. The number of nitrogens with zero attached hydrogens (tertiary/aromatic N) is 3. The minimum atomic E-state index is -0.135. The molecule has 5 nitrogen and oxygen atoms in total. The van der Waals surface area contributed by atoms with Gasteiger partial charge in [0.15, 0.2) is 10.9 Å². The number of halogens is 1. The summed E-state index contributed by atoms with van der Waals surface area (Å²) in [5.41, 5.74) is 4.61. The topological polar surface area (TPSA) is 55.2 Å². The van der Waals surface area contributed by atoms with E-state index in [4.69, 9.17) is 4.98 Å². The Labute approximate surface area is 210 Å². The van der Waals surface area contributed by atoms with Gasteiger partial charge in [0.05, 0.1) is 10.9 Å². The summed E-state index contributed by atoms with van der Waals surface area (Å²) in [5.74, 6) is 0.641. The van der Waals surface area contributed by atoms with Crippen molar-refractivity contribution in [1.82, 2.24) is 14.5 Å². The van der Waals surface area contributed by atoms with Gasteiger partial charge in [-0.15, -0.1) is 12.4 Å². The second-order valence-electron chi connectivity index (χ2n) is 8.43. The van der Waals surface area contributed by atoms with Crippen LogP contribution in [0.3, 0.4) is 0 Å². The van der Waals surface area contributed by atoms with Crippen LogP contribution in [0.25, 0.3) is 10.9 Å². The van der Waals surface area contributed by atoms with Gasteiger partial charge in [-0.25, -0.2) is 4.98 Å². The van der Waals surface area contributed by atoms with Crippen molar-refractivity contribution >= 4 is 40.9 Å². The molecule has 0 atom stereocenters. The number of ketones is 1. The van der Waals surface area contributed by atoms with Crippen LogP contribution in [0.1, 0.15) is 32.6 Å². The molecule has 0 aliphatic heterocycles. The first-order chi connectivity index (χ1) is 15.8. The zero-order valence-electron chi connectivity index (χ0n) is 19.7. The van der Waals surface area contributed by atoms with Crippen molar-refractivity contribution in [3.63, 3.8) is 0 Å². The predicted molar refractivity (Wildman–Crippen MR) is 142 cm³/mol. The average Bonchev–Trinajstić information content (AvgIpc) is 2.81. The lowest BCUT2D eigenvalue weighted by Crippen LogP contribution is -2.21. The number of aromatic nitrogens is 2. The minimum Gasteiger partial charge on any atom is -0.305 e. The minimum absolute atomic E-state index is 0. The summed E-state index contributed by atoms with van der Waals surface area (Å²) in [7, 11) is 5.76. The molecule has 0 amide bonds. The number of hydrogen-bond donors (Lipinski definition) is 0. The van der Waals surface area contributed by atoms with Crippen LogP contribution in [0.15, 0.2) is 76.7 Å². The maximum absolute atomic E-state index is 13.2. The highest BCUT2D eigenvalue weighted by Gasteiger charge is 2.18. The highest BCUT2D eigenvalue weighted by molar-refractivity contribution is 7.98. The molecule has 34 heavy (non-hydrogen) atoms. The van der Waals surface area contributed by atoms with Gasteiger partial charge >= 0.3 is 0 Å². The number of benzene rings is 3. The Morgan fingerprint density at radius 1 is 0.971 bits per heavy atom. The molecular weight excluding hydrogens is 466 g/mol. The van der Waals surface area contributed by atoms with E-state index in [0.717, 1.165) is 17.9 Å². The van der Waals surface area contributed by atoms with E-state index in [0.29, 0.717) is 32.7 Å². The maximum atomic E-state index is 13.2. The summed E-state index contributed by atoms with van der Waals surface area (Å²) in [4.78, 5) is 33.3. The van der Waals surface area contributed by atoms with E-state index >= 15 is 0 Å². The van der Waals surface area contributed by atoms with Gasteiger partial charge in [-0.2, -0.15) is 0 Å². The standard InChI is InChI=1S/C27H27N3O2S.ClH/c1-18-22(25(31)21-12-10-19(11-13-21)16-29(2)3)14-15-23-24(18)26(32)30(4)27(28-23)33-17-20-8-6-5-7-9-20;/h5-15H,16-17H2,1-4H3;1H. The Kier molecular flexibility index (Phi) is 8.31. The van der Waals surface area contributed by atoms with E-state index in [1.165, 1.54) is 17.3 Å². The molecule has 1 heterocycles. The zero-order valence-corrected chi connectivity index (χ0v) is 21.4. The molecule has 0 saturated heterocycles. The fourth-order valence-corrected chi connectivity index (χ4v) is 4.80. The quantitative estimate of drug-likeness (QED) is 0.200. The van der Waals surface area contributed by atoms with Crippen LogP contribution in [0.4, 0.5) is 0 Å². The molecule has 0 fully saturated rings. The molecule has 0 bridgehead atoms. The molecule has 0 unspecified atom stereocenters. The highest BCUT2D eigenvalue weighted by atomic mass is 35.5. The van der Waals surface area contributed by atoms with E-state index < -0.39 is 0 Å². The third-order valence-corrected chi connectivity index (χ3v) is 6.74. The molecule has 4 aromatic rings. The monoisotopic (exact) mass is 493 g/mol. The lowest BCUT2D eigenvalue weighted by Gasteiger charge is -2.13. The molecule has 4 rings (SSSR count). The Morgan fingerprint density at radius 2 is 1.65 bits per heavy atom. The molecule has 0 radical (unpaired) electrons. The number of rotatable bonds is 7. The van der Waals surface area contributed by atoms with Gasteiger partial charge in [0.2, 0.25) is 0 Å². The molecule has 0 saturated carbocycles. The summed E-state index contributed by atoms with van der Waals surface area (Å²) < 4.78 is 1.58. The Balaban J connectivity index is 0.00000324. The first-order valence-corrected chi connectivity index (χ1v) is 11.8. The van der Waals surface area contributed by atoms with Crippen LogP contribution in [0.2, 0.25) is 0 Å². The first-order valence-electron chi connectivity index (χ1n) is 10.8. The normalized spacial score (nSPS) is 11.0. The lowest BCUT2D eigenvalue weighted by molar-refractivity contribution is 0.103. The number of carbonyl (C=O) groups is 1. The van der Waals surface area contributed by atoms with E-state index in [1.807, 2.05) is 63.5 Å². The second kappa shape index (κ2) is 11.0. The van der Waals surface area contributed by atoms with Crippen LogP contribution < -0.4 is 5.56 Å². The summed E-state index contributed by atoms with van der Waals surface area (Å²) in [5, 5.41) is 1.16. The van der Waals surface area contributed by atoms with Gasteiger partial charge in [0.25, 0.3) is 5.56 Å². The molecule has 176 valence electrons. The van der Waals surface area contributed by atoms with Gasteiger partial charge < -0.3 is 4.90 Å². The number of aryl methyl sites for hydroxylation is 1. The Morgan fingerprint density at radius 3 is 2.29 bits per heavy atom. The largest absolute Gasteiger partial charge is 0.305 e. The average molecular weight is 494 g/mol. The molecule has 0 spiro atoms. The SMILES string of the molecule is Cc1c(C(=O)c2ccc(CN(C)C)cc2)ccc2nc(SCc3ccccc3)n(C)c(=O)c12.Cl. The molecule has 7 heteroatoms. The summed E-state index contributed by atoms with van der Waals surface area (Å²) in [6.07, 6.45) is 0. The lowest BCUT2D eigenvalue weighted by atomic mass is 9.96. The third kappa shape index (κ3) is 5.41. The molecule has 0 aliphatic rings.